The molecule has 0 fully saturated rings. The van der Waals surface area contributed by atoms with Gasteiger partial charge in [0, 0.05) is 0 Å². The Morgan fingerprint density at radius 1 is 1.40 bits per heavy atom. The number of anilines is 2. The summed E-state index contributed by atoms with van der Waals surface area (Å²) in [5, 5.41) is 0. The lowest BCUT2D eigenvalue weighted by Crippen LogP contribution is -1.95. The Morgan fingerprint density at radius 2 is 2.10 bits per heavy atom. The number of nitrogens with two attached hydrogens (primary N) is 2. The molecule has 0 unspecified atom stereocenters. The molecule has 0 aromatic carbocycles. The lowest BCUT2D eigenvalue weighted by Gasteiger charge is -1.98. The third kappa shape index (κ3) is 1.07. The van der Waals surface area contributed by atoms with Gasteiger partial charge in [0.25, 0.3) is 0 Å². The van der Waals surface area contributed by atoms with Crippen LogP contribution < -0.4 is 11.5 Å². The molecule has 0 aliphatic rings. The molecule has 0 spiro atoms. The van der Waals surface area contributed by atoms with Crippen LogP contribution in [0.3, 0.4) is 0 Å². The van der Waals surface area contributed by atoms with Gasteiger partial charge in [0.15, 0.2) is 0 Å². The molecule has 10 heavy (non-hydrogen) atoms. The molecule has 1 aromatic heterocycles. The van der Waals surface area contributed by atoms with Gasteiger partial charge in [0.1, 0.15) is 0 Å². The lowest BCUT2D eigenvalue weighted by molar-refractivity contribution is 1.30. The van der Waals surface area contributed by atoms with E-state index in [-0.39, 0.29) is 0 Å². The molecule has 0 bridgehead atoms. The van der Waals surface area contributed by atoms with Gasteiger partial charge in [-0.25, -0.2) is 0 Å². The summed E-state index contributed by atoms with van der Waals surface area (Å²) in [6.07, 6.45) is 3.14. The smallest absolute Gasteiger partial charge is 0.0734 e. The Morgan fingerprint density at radius 3 is 2.60 bits per heavy atom. The van der Waals surface area contributed by atoms with Crippen molar-refractivity contribution < 1.29 is 0 Å². The fourth-order valence-electron chi connectivity index (χ4n) is 0.610. The van der Waals surface area contributed by atoms with Crippen LogP contribution >= 0.6 is 0 Å². The maximum absolute atomic E-state index is 5.48. The van der Waals surface area contributed by atoms with Gasteiger partial charge < -0.3 is 11.5 Å². The topological polar surface area (TPSA) is 64.9 Å². The Balaban J connectivity index is 3.16. The highest BCUT2D eigenvalue weighted by atomic mass is 14.8. The number of hydrogen-bond donors (Lipinski definition) is 2. The second-order valence-corrected chi connectivity index (χ2v) is 1.94. The predicted octanol–water partition coefficient (Wildman–Crippen LogP) is 0.889. The van der Waals surface area contributed by atoms with Crippen LogP contribution in [0.25, 0.3) is 6.08 Å². The van der Waals surface area contributed by atoms with Gasteiger partial charge >= 0.3 is 0 Å². The van der Waals surface area contributed by atoms with Gasteiger partial charge in [-0.1, -0.05) is 6.58 Å². The summed E-state index contributed by atoms with van der Waals surface area (Å²) < 4.78 is 0. The summed E-state index contributed by atoms with van der Waals surface area (Å²) in [5.41, 5.74) is 12.7. The highest BCUT2D eigenvalue weighted by Crippen LogP contribution is 2.13. The number of nitrogens with zero attached hydrogens (tertiary/aromatic N) is 1. The van der Waals surface area contributed by atoms with E-state index in [1.54, 1.807) is 12.1 Å². The van der Waals surface area contributed by atoms with E-state index in [0.717, 1.165) is 5.69 Å². The van der Waals surface area contributed by atoms with Gasteiger partial charge in [-0.15, -0.1) is 0 Å². The number of aromatic nitrogens is 1. The molecule has 0 aliphatic carbocycles. The molecule has 3 heteroatoms. The van der Waals surface area contributed by atoms with E-state index in [4.69, 9.17) is 11.5 Å². The molecule has 0 amide bonds. The summed E-state index contributed by atoms with van der Waals surface area (Å²) >= 11 is 0. The number of rotatable bonds is 1. The minimum Gasteiger partial charge on any atom is -0.397 e. The van der Waals surface area contributed by atoms with E-state index in [2.05, 4.69) is 11.6 Å². The van der Waals surface area contributed by atoms with Crippen molar-refractivity contribution in [3.05, 3.63) is 24.5 Å². The van der Waals surface area contributed by atoms with Gasteiger partial charge in [-0.05, 0) is 12.1 Å². The molecule has 0 aliphatic heterocycles. The van der Waals surface area contributed by atoms with Crippen LogP contribution in [0.15, 0.2) is 18.8 Å². The second-order valence-electron chi connectivity index (χ2n) is 1.94. The van der Waals surface area contributed by atoms with Crippen LogP contribution in [-0.2, 0) is 0 Å². The first-order chi connectivity index (χ1) is 4.74. The molecule has 1 rings (SSSR count). The minimum absolute atomic E-state index is 0.505. The first kappa shape index (κ1) is 6.61. The Kier molecular flexibility index (Phi) is 1.58. The molecule has 52 valence electrons. The van der Waals surface area contributed by atoms with E-state index in [1.165, 1.54) is 6.20 Å². The highest BCUT2D eigenvalue weighted by Gasteiger charge is 1.93. The van der Waals surface area contributed by atoms with Crippen LogP contribution in [0.1, 0.15) is 5.69 Å². The van der Waals surface area contributed by atoms with Gasteiger partial charge in [0.2, 0.25) is 0 Å². The van der Waals surface area contributed by atoms with Crippen LogP contribution in [0.4, 0.5) is 11.4 Å². The molecule has 0 atom stereocenters. The second kappa shape index (κ2) is 2.39. The summed E-state index contributed by atoms with van der Waals surface area (Å²) in [4.78, 5) is 3.93. The van der Waals surface area contributed by atoms with Gasteiger partial charge in [0.05, 0.1) is 23.3 Å². The largest absolute Gasteiger partial charge is 0.397 e. The molecular formula is C7H9N3. The highest BCUT2D eigenvalue weighted by molar-refractivity contribution is 5.64. The summed E-state index contributed by atoms with van der Waals surface area (Å²) in [6, 6.07) is 1.68. The summed E-state index contributed by atoms with van der Waals surface area (Å²) in [7, 11) is 0. The molecule has 0 saturated heterocycles. The minimum atomic E-state index is 0.505. The van der Waals surface area contributed by atoms with E-state index in [9.17, 15) is 0 Å². The fourth-order valence-corrected chi connectivity index (χ4v) is 0.610. The van der Waals surface area contributed by atoms with Crippen LogP contribution in [-0.4, -0.2) is 4.98 Å². The predicted molar refractivity (Wildman–Crippen MR) is 43.2 cm³/mol. The van der Waals surface area contributed by atoms with E-state index >= 15 is 0 Å². The van der Waals surface area contributed by atoms with Gasteiger partial charge in [-0.3, -0.25) is 4.98 Å². The third-order valence-electron chi connectivity index (χ3n) is 1.20. The summed E-state index contributed by atoms with van der Waals surface area (Å²) in [6.45, 7) is 3.54. The number of hydrogen-bond acceptors (Lipinski definition) is 3. The fraction of sp³-hybridized carbons (Fsp3) is 0. The van der Waals surface area contributed by atoms with E-state index in [1.807, 2.05) is 0 Å². The van der Waals surface area contributed by atoms with Crippen LogP contribution in [0.2, 0.25) is 0 Å². The zero-order valence-corrected chi connectivity index (χ0v) is 5.54. The average Bonchev–Trinajstić information content (AvgIpc) is 1.95. The van der Waals surface area contributed by atoms with Crippen LogP contribution in [0, 0.1) is 0 Å². The standard InChI is InChI=1S/C7H9N3/c1-2-5-3-6(8)7(9)4-10-5/h2-4H,1,9H2,(H2,8,10). The van der Waals surface area contributed by atoms with Gasteiger partial charge in [-0.2, -0.15) is 0 Å². The van der Waals surface area contributed by atoms with Crippen molar-refractivity contribution in [2.24, 2.45) is 0 Å². The first-order valence-electron chi connectivity index (χ1n) is 2.87. The quantitative estimate of drug-likeness (QED) is 0.601. The molecular weight excluding hydrogens is 126 g/mol. The van der Waals surface area contributed by atoms with Crippen molar-refractivity contribution in [3.63, 3.8) is 0 Å². The van der Waals surface area contributed by atoms with Crippen molar-refractivity contribution in [1.29, 1.82) is 0 Å². The molecule has 1 aromatic rings. The molecule has 3 nitrogen and oxygen atoms in total. The maximum atomic E-state index is 5.48. The van der Waals surface area contributed by atoms with Crippen LogP contribution in [0.5, 0.6) is 0 Å². The van der Waals surface area contributed by atoms with Crippen molar-refractivity contribution in [3.8, 4) is 0 Å². The van der Waals surface area contributed by atoms with Crippen molar-refractivity contribution in [1.82, 2.24) is 4.98 Å². The molecule has 0 saturated carbocycles. The monoisotopic (exact) mass is 135 g/mol. The number of nitrogen functional groups attached to an aromatic ring is 2. The maximum Gasteiger partial charge on any atom is 0.0734 e. The Bertz CT molecular complexity index is 255. The Hall–Kier alpha value is -1.51. The SMILES string of the molecule is C=Cc1cc(N)c(N)cn1. The van der Waals surface area contributed by atoms with Crippen molar-refractivity contribution in [2.45, 2.75) is 0 Å². The van der Waals surface area contributed by atoms with Crippen molar-refractivity contribution in [2.75, 3.05) is 11.5 Å². The average molecular weight is 135 g/mol. The van der Waals surface area contributed by atoms with E-state index < -0.39 is 0 Å². The Labute approximate surface area is 59.4 Å². The van der Waals surface area contributed by atoms with E-state index in [0.29, 0.717) is 11.4 Å². The first-order valence-corrected chi connectivity index (χ1v) is 2.87. The number of pyridine rings is 1. The molecule has 1 heterocycles. The zero-order chi connectivity index (χ0) is 7.56. The lowest BCUT2D eigenvalue weighted by atomic mass is 10.3. The molecule has 0 radical (unpaired) electrons. The van der Waals surface area contributed by atoms with Crippen molar-refractivity contribution >= 4 is 17.5 Å². The zero-order valence-electron chi connectivity index (χ0n) is 5.54. The normalized spacial score (nSPS) is 9.20. The summed E-state index contributed by atoms with van der Waals surface area (Å²) in [5.74, 6) is 0. The third-order valence-corrected chi connectivity index (χ3v) is 1.20. The molecule has 4 N–H and O–H groups in total.